The van der Waals surface area contributed by atoms with Crippen molar-refractivity contribution in [1.82, 2.24) is 0 Å². The standard InChI is InChI=1S/C10H21O2/c1-10(2,3)9(12)7-5-4-6-8-11/h7,9,11-12H,4-6,8H2,1-3H3. The normalized spacial score (nSPS) is 14.8. The number of unbranched alkanes of at least 4 members (excludes halogenated alkanes) is 2. The molecule has 0 bridgehead atoms. The molecule has 0 aliphatic heterocycles. The van der Waals surface area contributed by atoms with Crippen molar-refractivity contribution in [3.05, 3.63) is 6.42 Å². The summed E-state index contributed by atoms with van der Waals surface area (Å²) in [6.45, 7) is 6.29. The Morgan fingerprint density at radius 1 is 1.25 bits per heavy atom. The minimum Gasteiger partial charge on any atom is -0.396 e. The topological polar surface area (TPSA) is 40.5 Å². The van der Waals surface area contributed by atoms with E-state index in [-0.39, 0.29) is 18.1 Å². The molecule has 2 nitrogen and oxygen atoms in total. The molecule has 1 atom stereocenters. The Balaban J connectivity index is 3.38. The van der Waals surface area contributed by atoms with Crippen LogP contribution in [0.4, 0.5) is 0 Å². The van der Waals surface area contributed by atoms with Crippen LogP contribution in [0.25, 0.3) is 0 Å². The van der Waals surface area contributed by atoms with E-state index in [0.717, 1.165) is 19.3 Å². The van der Waals surface area contributed by atoms with E-state index in [0.29, 0.717) is 0 Å². The first-order valence-corrected chi connectivity index (χ1v) is 4.60. The van der Waals surface area contributed by atoms with Crippen LogP contribution >= 0.6 is 0 Å². The summed E-state index contributed by atoms with van der Waals surface area (Å²) in [4.78, 5) is 0. The SMILES string of the molecule is CC(C)(C)C(O)[CH]CCCCO. The van der Waals surface area contributed by atoms with Crippen LogP contribution in [0.1, 0.15) is 40.0 Å². The van der Waals surface area contributed by atoms with Crippen molar-refractivity contribution >= 4 is 0 Å². The van der Waals surface area contributed by atoms with Gasteiger partial charge in [-0.05, 0) is 24.7 Å². The van der Waals surface area contributed by atoms with Gasteiger partial charge in [0.25, 0.3) is 0 Å². The quantitative estimate of drug-likeness (QED) is 0.622. The molecule has 2 N–H and O–H groups in total. The van der Waals surface area contributed by atoms with Gasteiger partial charge >= 0.3 is 0 Å². The Morgan fingerprint density at radius 2 is 1.83 bits per heavy atom. The van der Waals surface area contributed by atoms with Gasteiger partial charge in [0.15, 0.2) is 0 Å². The van der Waals surface area contributed by atoms with E-state index in [9.17, 15) is 5.11 Å². The smallest absolute Gasteiger partial charge is 0.0620 e. The molecule has 0 fully saturated rings. The number of hydrogen-bond donors (Lipinski definition) is 2. The zero-order valence-electron chi connectivity index (χ0n) is 8.38. The van der Waals surface area contributed by atoms with Crippen LogP contribution in [-0.4, -0.2) is 22.9 Å². The van der Waals surface area contributed by atoms with E-state index in [2.05, 4.69) is 0 Å². The summed E-state index contributed by atoms with van der Waals surface area (Å²) in [5.41, 5.74) is -0.0563. The fraction of sp³-hybridized carbons (Fsp3) is 0.900. The fourth-order valence-corrected chi connectivity index (χ4v) is 0.885. The zero-order chi connectivity index (χ0) is 9.61. The molecule has 0 aromatic rings. The maximum absolute atomic E-state index is 9.57. The van der Waals surface area contributed by atoms with Crippen molar-refractivity contribution in [3.8, 4) is 0 Å². The minimum absolute atomic E-state index is 0.0563. The van der Waals surface area contributed by atoms with Crippen molar-refractivity contribution in [2.24, 2.45) is 5.41 Å². The van der Waals surface area contributed by atoms with E-state index in [1.165, 1.54) is 0 Å². The molecule has 0 aromatic carbocycles. The summed E-state index contributed by atoms with van der Waals surface area (Å²) < 4.78 is 0. The van der Waals surface area contributed by atoms with Crippen LogP contribution in [0.3, 0.4) is 0 Å². The van der Waals surface area contributed by atoms with Crippen molar-refractivity contribution in [1.29, 1.82) is 0 Å². The predicted molar refractivity (Wildman–Crippen MR) is 50.7 cm³/mol. The Hall–Kier alpha value is -0.0800. The second-order valence-corrected chi connectivity index (χ2v) is 4.27. The molecular formula is C10H21O2. The molecule has 2 heteroatoms. The Bertz CT molecular complexity index is 105. The van der Waals surface area contributed by atoms with E-state index in [4.69, 9.17) is 5.11 Å². The summed E-state index contributed by atoms with van der Waals surface area (Å²) in [5, 5.41) is 18.1. The van der Waals surface area contributed by atoms with Crippen molar-refractivity contribution in [2.75, 3.05) is 6.61 Å². The van der Waals surface area contributed by atoms with Gasteiger partial charge in [-0.25, -0.2) is 0 Å². The van der Waals surface area contributed by atoms with Gasteiger partial charge in [0.05, 0.1) is 6.10 Å². The van der Waals surface area contributed by atoms with Crippen LogP contribution in [0, 0.1) is 11.8 Å². The predicted octanol–water partition coefficient (Wildman–Crippen LogP) is 1.76. The van der Waals surface area contributed by atoms with Gasteiger partial charge in [0.2, 0.25) is 0 Å². The molecular weight excluding hydrogens is 152 g/mol. The second kappa shape index (κ2) is 5.55. The lowest BCUT2D eigenvalue weighted by atomic mass is 9.86. The molecule has 0 aliphatic rings. The number of hydrogen-bond acceptors (Lipinski definition) is 2. The molecule has 0 saturated heterocycles. The van der Waals surface area contributed by atoms with E-state index in [1.54, 1.807) is 0 Å². The molecule has 12 heavy (non-hydrogen) atoms. The first-order chi connectivity index (χ1) is 5.48. The maximum atomic E-state index is 9.57. The molecule has 1 radical (unpaired) electrons. The summed E-state index contributed by atoms with van der Waals surface area (Å²) in [5.74, 6) is 0. The van der Waals surface area contributed by atoms with Crippen LogP contribution < -0.4 is 0 Å². The lowest BCUT2D eigenvalue weighted by Gasteiger charge is -2.25. The van der Waals surface area contributed by atoms with Gasteiger partial charge in [-0.1, -0.05) is 27.2 Å². The summed E-state index contributed by atoms with van der Waals surface area (Å²) >= 11 is 0. The van der Waals surface area contributed by atoms with Crippen LogP contribution in [0.5, 0.6) is 0 Å². The van der Waals surface area contributed by atoms with Gasteiger partial charge in [0, 0.05) is 6.61 Å². The molecule has 0 spiro atoms. The monoisotopic (exact) mass is 173 g/mol. The van der Waals surface area contributed by atoms with Crippen LogP contribution in [-0.2, 0) is 0 Å². The summed E-state index contributed by atoms with van der Waals surface area (Å²) in [7, 11) is 0. The molecule has 0 amide bonds. The highest BCUT2D eigenvalue weighted by Gasteiger charge is 2.21. The maximum Gasteiger partial charge on any atom is 0.0620 e. The van der Waals surface area contributed by atoms with Crippen LogP contribution in [0.2, 0.25) is 0 Å². The van der Waals surface area contributed by atoms with Crippen molar-refractivity contribution < 1.29 is 10.2 Å². The summed E-state index contributed by atoms with van der Waals surface area (Å²) in [6, 6.07) is 0. The largest absolute Gasteiger partial charge is 0.396 e. The third-order valence-electron chi connectivity index (χ3n) is 1.89. The molecule has 0 aromatic heterocycles. The van der Waals surface area contributed by atoms with E-state index < -0.39 is 0 Å². The Labute approximate surface area is 75.6 Å². The third kappa shape index (κ3) is 5.56. The number of rotatable bonds is 5. The van der Waals surface area contributed by atoms with Crippen molar-refractivity contribution in [2.45, 2.75) is 46.1 Å². The van der Waals surface area contributed by atoms with E-state index in [1.807, 2.05) is 27.2 Å². The fourth-order valence-electron chi connectivity index (χ4n) is 0.885. The van der Waals surface area contributed by atoms with Gasteiger partial charge in [-0.15, -0.1) is 0 Å². The molecule has 73 valence electrons. The summed E-state index contributed by atoms with van der Waals surface area (Å²) in [6.07, 6.45) is 4.27. The van der Waals surface area contributed by atoms with Gasteiger partial charge in [-0.3, -0.25) is 0 Å². The molecule has 0 rings (SSSR count). The lowest BCUT2D eigenvalue weighted by Crippen LogP contribution is -2.26. The van der Waals surface area contributed by atoms with E-state index >= 15 is 0 Å². The first-order valence-electron chi connectivity index (χ1n) is 4.60. The lowest BCUT2D eigenvalue weighted by molar-refractivity contribution is 0.0877. The van der Waals surface area contributed by atoms with Gasteiger partial charge in [0.1, 0.15) is 0 Å². The van der Waals surface area contributed by atoms with Gasteiger partial charge in [-0.2, -0.15) is 0 Å². The molecule has 0 saturated carbocycles. The highest BCUT2D eigenvalue weighted by Crippen LogP contribution is 2.22. The molecule has 0 heterocycles. The molecule has 1 unspecified atom stereocenters. The Morgan fingerprint density at radius 3 is 2.25 bits per heavy atom. The Kier molecular flexibility index (Phi) is 5.51. The molecule has 0 aliphatic carbocycles. The average Bonchev–Trinajstić information content (AvgIpc) is 1.96. The second-order valence-electron chi connectivity index (χ2n) is 4.27. The van der Waals surface area contributed by atoms with Crippen LogP contribution in [0.15, 0.2) is 0 Å². The average molecular weight is 173 g/mol. The number of aliphatic hydroxyl groups is 2. The first kappa shape index (κ1) is 11.9. The third-order valence-corrected chi connectivity index (χ3v) is 1.89. The van der Waals surface area contributed by atoms with Crippen molar-refractivity contribution in [3.63, 3.8) is 0 Å². The highest BCUT2D eigenvalue weighted by atomic mass is 16.3. The zero-order valence-corrected chi connectivity index (χ0v) is 8.38. The highest BCUT2D eigenvalue weighted by molar-refractivity contribution is 4.84. The van der Waals surface area contributed by atoms with Gasteiger partial charge < -0.3 is 10.2 Å². The minimum atomic E-state index is -0.337. The number of aliphatic hydroxyl groups excluding tert-OH is 2.